The molecule has 0 radical (unpaired) electrons. The molecule has 2 aromatic heterocycles. The van der Waals surface area contributed by atoms with Crippen LogP contribution in [0.25, 0.3) is 0 Å². The normalized spacial score (nSPS) is 15.5. The van der Waals surface area contributed by atoms with Crippen molar-refractivity contribution in [3.63, 3.8) is 0 Å². The molecular weight excluding hydrogens is 500 g/mol. The van der Waals surface area contributed by atoms with Crippen LogP contribution in [0.5, 0.6) is 0 Å². The summed E-state index contributed by atoms with van der Waals surface area (Å²) in [6.07, 6.45) is -3.43. The maximum absolute atomic E-state index is 12.3. The van der Waals surface area contributed by atoms with Crippen LogP contribution in [-0.2, 0) is 19.4 Å². The van der Waals surface area contributed by atoms with E-state index in [9.17, 15) is 20.8 Å². The quantitative estimate of drug-likeness (QED) is 0.152. The Labute approximate surface area is 198 Å². The van der Waals surface area contributed by atoms with Crippen LogP contribution in [-0.4, -0.2) is 93.9 Å². The van der Waals surface area contributed by atoms with E-state index in [0.717, 1.165) is 38.2 Å². The van der Waals surface area contributed by atoms with E-state index >= 15 is 0 Å². The largest absolute Gasteiger partial charge is 0.592 e. The van der Waals surface area contributed by atoms with Gasteiger partial charge in [-0.1, -0.05) is 0 Å². The first-order chi connectivity index (χ1) is 17.4. The van der Waals surface area contributed by atoms with Crippen molar-refractivity contribution in [2.24, 2.45) is 21.1 Å². The summed E-state index contributed by atoms with van der Waals surface area (Å²) in [5, 5.41) is 76.8. The number of hydroxylamine groups is 4. The minimum Gasteiger partial charge on any atom is -0.592 e. The van der Waals surface area contributed by atoms with Crippen molar-refractivity contribution >= 4 is 23.3 Å². The number of rotatable bonds is 12. The first-order valence-corrected chi connectivity index (χ1v) is 9.39. The lowest BCUT2D eigenvalue weighted by molar-refractivity contribution is -0.794. The molecule has 1 aliphatic rings. The molecule has 24 heteroatoms. The van der Waals surface area contributed by atoms with Gasteiger partial charge in [0.15, 0.2) is 13.1 Å². The minimum atomic E-state index is -1.71. The predicted octanol–water partition coefficient (Wildman–Crippen LogP) is -0.210. The van der Waals surface area contributed by atoms with Crippen LogP contribution in [0, 0.1) is 20.8 Å². The third-order valence-electron chi connectivity index (χ3n) is 4.29. The molecule has 0 aromatic carbocycles. The Hall–Kier alpha value is -5.32. The molecule has 1 aliphatic heterocycles. The van der Waals surface area contributed by atoms with Crippen LogP contribution >= 0.6 is 0 Å². The topological polar surface area (TPSA) is 275 Å². The van der Waals surface area contributed by atoms with Crippen LogP contribution in [0.15, 0.2) is 30.4 Å². The summed E-state index contributed by atoms with van der Waals surface area (Å²) >= 11 is 0. The predicted molar refractivity (Wildman–Crippen MR) is 102 cm³/mol. The standard InChI is InChI=1S/C12H18N14O10/c1-31-17-23(27)7(24(28)18-32-2)5-21-9-11(15-35-13-9)22(12-10(21)14-36-16-12)6-8(25(29)19-33-3)26(30)20-34-4/h7-8H,5-6H2,1-4H3/b23-17-,24-18-,25-19-,26-20-. The monoisotopic (exact) mass is 518 g/mol. The van der Waals surface area contributed by atoms with Gasteiger partial charge in [-0.2, -0.15) is 0 Å². The van der Waals surface area contributed by atoms with Crippen molar-refractivity contribution in [1.82, 2.24) is 20.6 Å². The van der Waals surface area contributed by atoms with E-state index in [1.165, 1.54) is 0 Å². The fraction of sp³-hybridized carbons (Fsp3) is 0.667. The number of aromatic nitrogens is 4. The van der Waals surface area contributed by atoms with Crippen molar-refractivity contribution in [3.8, 4) is 0 Å². The van der Waals surface area contributed by atoms with Crippen LogP contribution in [0.3, 0.4) is 0 Å². The average molecular weight is 518 g/mol. The molecule has 3 heterocycles. The van der Waals surface area contributed by atoms with E-state index < -0.39 is 25.4 Å². The molecule has 196 valence electrons. The molecule has 0 amide bonds. The zero-order valence-electron chi connectivity index (χ0n) is 18.9. The second-order valence-corrected chi connectivity index (χ2v) is 6.27. The smallest absolute Gasteiger partial charge is 0.434 e. The Kier molecular flexibility index (Phi) is 7.88. The molecule has 0 fully saturated rings. The summed E-state index contributed by atoms with van der Waals surface area (Å²) in [4.78, 5) is 19.6. The lowest BCUT2D eigenvalue weighted by Crippen LogP contribution is -2.45. The molecule has 0 aliphatic carbocycles. The molecular formula is C12H18N14O10. The Bertz CT molecular complexity index is 980. The van der Waals surface area contributed by atoms with Gasteiger partial charge >= 0.3 is 12.3 Å². The maximum atomic E-state index is 12.3. The van der Waals surface area contributed by atoms with Gasteiger partial charge in [-0.05, 0) is 20.6 Å². The van der Waals surface area contributed by atoms with E-state index in [2.05, 4.69) is 61.1 Å². The number of anilines is 4. The van der Waals surface area contributed by atoms with Gasteiger partial charge in [0.05, 0.1) is 0 Å². The Morgan fingerprint density at radius 1 is 0.611 bits per heavy atom. The molecule has 0 bridgehead atoms. The Morgan fingerprint density at radius 3 is 1.08 bits per heavy atom. The first-order valence-electron chi connectivity index (χ1n) is 9.39. The maximum Gasteiger partial charge on any atom is 0.434 e. The highest BCUT2D eigenvalue weighted by molar-refractivity contribution is 5.84. The molecule has 0 unspecified atom stereocenters. The van der Waals surface area contributed by atoms with Gasteiger partial charge < -0.3 is 40.2 Å². The number of hydrogen-bond acceptors (Lipinski definition) is 20. The third-order valence-corrected chi connectivity index (χ3v) is 4.29. The number of hydrogen-bond donors (Lipinski definition) is 0. The van der Waals surface area contributed by atoms with Gasteiger partial charge in [-0.25, -0.2) is 9.26 Å². The molecule has 0 saturated carbocycles. The second kappa shape index (κ2) is 11.2. The summed E-state index contributed by atoms with van der Waals surface area (Å²) in [7, 11) is 4.35. The number of fused-ring (bicyclic) bond motifs is 2. The van der Waals surface area contributed by atoms with E-state index in [1.807, 2.05) is 0 Å². The van der Waals surface area contributed by atoms with Crippen molar-refractivity contribution in [2.75, 3.05) is 51.3 Å². The molecule has 0 atom stereocenters. The molecule has 2 aromatic rings. The first kappa shape index (κ1) is 25.3. The lowest BCUT2D eigenvalue weighted by atomic mass is 10.3. The van der Waals surface area contributed by atoms with Crippen LogP contribution < -0.4 is 9.80 Å². The fourth-order valence-corrected chi connectivity index (χ4v) is 2.90. The summed E-state index contributed by atoms with van der Waals surface area (Å²) in [5.41, 5.74) is 0. The zero-order valence-corrected chi connectivity index (χ0v) is 18.9. The van der Waals surface area contributed by atoms with E-state index in [0.29, 0.717) is 0 Å². The van der Waals surface area contributed by atoms with E-state index in [-0.39, 0.29) is 42.7 Å². The van der Waals surface area contributed by atoms with Gasteiger partial charge in [-0.3, -0.25) is 9.80 Å². The minimum absolute atomic E-state index is 0.0958. The van der Waals surface area contributed by atoms with Crippen molar-refractivity contribution in [1.29, 1.82) is 0 Å². The lowest BCUT2D eigenvalue weighted by Gasteiger charge is -2.29. The SMILES string of the molecule is CO/N=[N+](\[O-])C(CN1c2nonc2N(CC(/[N+]([O-])=N/OC)/[N+]([O-])=N/OC)c2nonc21)/[N+]([O-])=N/OC. The number of nitrogens with zero attached hydrogens (tertiary/aromatic N) is 14. The van der Waals surface area contributed by atoms with Gasteiger partial charge in [-0.15, -0.1) is 0 Å². The average Bonchev–Trinajstić information content (AvgIpc) is 3.52. The Balaban J connectivity index is 2.04. The van der Waals surface area contributed by atoms with Crippen molar-refractivity contribution in [3.05, 3.63) is 20.8 Å². The van der Waals surface area contributed by atoms with Gasteiger partial charge in [0.1, 0.15) is 28.4 Å². The summed E-state index contributed by atoms with van der Waals surface area (Å²) in [5.74, 6) is -0.497. The fourth-order valence-electron chi connectivity index (χ4n) is 2.90. The third kappa shape index (κ3) is 4.94. The van der Waals surface area contributed by atoms with Crippen molar-refractivity contribution in [2.45, 2.75) is 12.3 Å². The Morgan fingerprint density at radius 2 is 0.861 bits per heavy atom. The van der Waals surface area contributed by atoms with Crippen LogP contribution in [0.2, 0.25) is 0 Å². The summed E-state index contributed by atoms with van der Waals surface area (Å²) < 4.78 is 9.59. The molecule has 0 saturated heterocycles. The molecule has 0 spiro atoms. The molecule has 24 nitrogen and oxygen atoms in total. The van der Waals surface area contributed by atoms with Crippen LogP contribution in [0.1, 0.15) is 0 Å². The zero-order chi connectivity index (χ0) is 26.2. The molecule has 3 rings (SSSR count). The molecule has 36 heavy (non-hydrogen) atoms. The van der Waals surface area contributed by atoms with Gasteiger partial charge in [0, 0.05) is 19.4 Å². The van der Waals surface area contributed by atoms with Gasteiger partial charge in [0.25, 0.3) is 0 Å². The highest BCUT2D eigenvalue weighted by Crippen LogP contribution is 2.44. The second-order valence-electron chi connectivity index (χ2n) is 6.27. The molecule has 0 N–H and O–H groups in total. The summed E-state index contributed by atoms with van der Waals surface area (Å²) in [6.45, 7) is -1.07. The van der Waals surface area contributed by atoms with Gasteiger partial charge in [0.2, 0.25) is 44.4 Å². The highest BCUT2D eigenvalue weighted by atomic mass is 16.7. The van der Waals surface area contributed by atoms with E-state index in [4.69, 9.17) is 9.26 Å². The van der Waals surface area contributed by atoms with Crippen LogP contribution in [0.4, 0.5) is 23.3 Å². The van der Waals surface area contributed by atoms with Crippen molar-refractivity contribution < 1.29 is 48.1 Å². The van der Waals surface area contributed by atoms with E-state index in [1.54, 1.807) is 0 Å². The summed E-state index contributed by atoms with van der Waals surface area (Å²) in [6, 6.07) is 0. The highest BCUT2D eigenvalue weighted by Gasteiger charge is 2.46.